The minimum atomic E-state index is -0.494. The summed E-state index contributed by atoms with van der Waals surface area (Å²) in [4.78, 5) is 23.8. The molecule has 2 aromatic rings. The van der Waals surface area contributed by atoms with Crippen LogP contribution >= 0.6 is 11.6 Å². The molecule has 24 heavy (non-hydrogen) atoms. The number of carbonyl (C=O) groups excluding carboxylic acids is 2. The van der Waals surface area contributed by atoms with Crippen molar-refractivity contribution in [2.45, 2.75) is 27.4 Å². The highest BCUT2D eigenvalue weighted by Gasteiger charge is 2.22. The Morgan fingerprint density at radius 3 is 2.62 bits per heavy atom. The molecule has 1 N–H and O–H groups in total. The normalized spacial score (nSPS) is 11.2. The average molecular weight is 350 g/mol. The van der Waals surface area contributed by atoms with E-state index in [4.69, 9.17) is 20.8 Å². The molecule has 0 aliphatic rings. The van der Waals surface area contributed by atoms with E-state index in [0.29, 0.717) is 16.5 Å². The largest absolute Gasteiger partial charge is 0.486 e. The van der Waals surface area contributed by atoms with Gasteiger partial charge in [0.2, 0.25) is 0 Å². The number of ether oxygens (including phenoxy) is 1. The summed E-state index contributed by atoms with van der Waals surface area (Å²) in [5, 5.41) is 3.14. The van der Waals surface area contributed by atoms with Gasteiger partial charge in [0, 0.05) is 10.4 Å². The van der Waals surface area contributed by atoms with Gasteiger partial charge in [-0.05, 0) is 30.3 Å². The molecular weight excluding hydrogens is 330 g/mol. The lowest BCUT2D eigenvalue weighted by Crippen LogP contribution is -2.35. The molecule has 0 unspecified atom stereocenters. The van der Waals surface area contributed by atoms with Crippen LogP contribution in [0.4, 0.5) is 0 Å². The van der Waals surface area contributed by atoms with E-state index in [9.17, 15) is 9.59 Å². The predicted molar refractivity (Wildman–Crippen MR) is 91.3 cm³/mol. The van der Waals surface area contributed by atoms with Crippen LogP contribution in [0.1, 0.15) is 37.1 Å². The molecule has 1 aromatic heterocycles. The molecule has 1 aromatic carbocycles. The second-order valence-corrected chi connectivity index (χ2v) is 6.80. The fourth-order valence-corrected chi connectivity index (χ4v) is 1.98. The monoisotopic (exact) mass is 349 g/mol. The van der Waals surface area contributed by atoms with Crippen LogP contribution in [0.25, 0.3) is 0 Å². The highest BCUT2D eigenvalue weighted by molar-refractivity contribution is 6.30. The van der Waals surface area contributed by atoms with E-state index >= 15 is 0 Å². The van der Waals surface area contributed by atoms with Gasteiger partial charge in [-0.3, -0.25) is 9.59 Å². The van der Waals surface area contributed by atoms with E-state index < -0.39 is 11.3 Å². The molecule has 0 radical (unpaired) electrons. The summed E-state index contributed by atoms with van der Waals surface area (Å²) in [6, 6.07) is 10.2. The molecular formula is C18H20ClNO4. The number of rotatable bonds is 6. The van der Waals surface area contributed by atoms with Gasteiger partial charge in [0.1, 0.15) is 18.1 Å². The van der Waals surface area contributed by atoms with Crippen LogP contribution in [0.15, 0.2) is 40.8 Å². The van der Waals surface area contributed by atoms with Gasteiger partial charge in [-0.2, -0.15) is 0 Å². The van der Waals surface area contributed by atoms with Crippen molar-refractivity contribution in [3.8, 4) is 5.75 Å². The Balaban J connectivity index is 1.88. The molecule has 0 spiro atoms. The molecule has 5 nitrogen and oxygen atoms in total. The number of hydrogen-bond acceptors (Lipinski definition) is 4. The topological polar surface area (TPSA) is 68.5 Å². The first-order chi connectivity index (χ1) is 11.3. The van der Waals surface area contributed by atoms with Gasteiger partial charge < -0.3 is 14.5 Å². The maximum absolute atomic E-state index is 12.0. The summed E-state index contributed by atoms with van der Waals surface area (Å²) in [5.74, 6) is 0.776. The van der Waals surface area contributed by atoms with Crippen LogP contribution in [0, 0.1) is 5.41 Å². The first kappa shape index (κ1) is 18.1. The first-order valence-corrected chi connectivity index (χ1v) is 7.92. The molecule has 0 saturated heterocycles. The first-order valence-electron chi connectivity index (χ1n) is 7.54. The van der Waals surface area contributed by atoms with Gasteiger partial charge in [-0.25, -0.2) is 0 Å². The number of halogens is 1. The van der Waals surface area contributed by atoms with Crippen molar-refractivity contribution in [3.05, 3.63) is 52.9 Å². The van der Waals surface area contributed by atoms with Crippen molar-refractivity contribution < 1.29 is 18.7 Å². The summed E-state index contributed by atoms with van der Waals surface area (Å²) in [7, 11) is 0. The Bertz CT molecular complexity index is 731. The highest BCUT2D eigenvalue weighted by atomic mass is 35.5. The van der Waals surface area contributed by atoms with Crippen molar-refractivity contribution >= 4 is 23.3 Å². The van der Waals surface area contributed by atoms with Crippen LogP contribution in [0.5, 0.6) is 5.75 Å². The maximum atomic E-state index is 12.0. The van der Waals surface area contributed by atoms with Crippen molar-refractivity contribution in [3.63, 3.8) is 0 Å². The molecule has 0 saturated carbocycles. The van der Waals surface area contributed by atoms with Crippen LogP contribution in [-0.4, -0.2) is 18.2 Å². The van der Waals surface area contributed by atoms with Crippen LogP contribution in [0.3, 0.4) is 0 Å². The number of hydrogen-bond donors (Lipinski definition) is 1. The predicted octanol–water partition coefficient (Wildman–Crippen LogP) is 3.86. The lowest BCUT2D eigenvalue weighted by molar-refractivity contribution is -0.125. The molecule has 0 aliphatic carbocycles. The third-order valence-electron chi connectivity index (χ3n) is 3.31. The van der Waals surface area contributed by atoms with Crippen molar-refractivity contribution in [1.82, 2.24) is 5.32 Å². The fourth-order valence-electron chi connectivity index (χ4n) is 1.80. The average Bonchev–Trinajstić information content (AvgIpc) is 2.98. The van der Waals surface area contributed by atoms with Crippen molar-refractivity contribution in [2.24, 2.45) is 5.41 Å². The summed E-state index contributed by atoms with van der Waals surface area (Å²) < 4.78 is 11.0. The molecule has 1 heterocycles. The Morgan fingerprint density at radius 2 is 1.96 bits per heavy atom. The number of furan rings is 1. The van der Waals surface area contributed by atoms with E-state index in [-0.39, 0.29) is 24.7 Å². The Morgan fingerprint density at radius 1 is 1.21 bits per heavy atom. The second kappa shape index (κ2) is 7.53. The highest BCUT2D eigenvalue weighted by Crippen LogP contribution is 2.19. The lowest BCUT2D eigenvalue weighted by Gasteiger charge is -2.16. The minimum absolute atomic E-state index is 0.0304. The van der Waals surface area contributed by atoms with Crippen molar-refractivity contribution in [2.75, 3.05) is 6.54 Å². The number of carbonyl (C=O) groups is 2. The fraction of sp³-hybridized carbons (Fsp3) is 0.333. The van der Waals surface area contributed by atoms with E-state index in [1.54, 1.807) is 57.2 Å². The summed E-state index contributed by atoms with van der Waals surface area (Å²) in [6.45, 7) is 5.56. The molecule has 0 fully saturated rings. The van der Waals surface area contributed by atoms with Gasteiger partial charge >= 0.3 is 0 Å². The standard InChI is InChI=1S/C18H20ClNO4/c1-18(2,3)16(21)10-20-17(22)15-8-7-14(24-15)11-23-13-6-4-5-12(19)9-13/h4-9H,10-11H2,1-3H3,(H,20,22). The molecule has 0 atom stereocenters. The zero-order valence-corrected chi connectivity index (χ0v) is 14.6. The van der Waals surface area contributed by atoms with Gasteiger partial charge in [0.05, 0.1) is 6.54 Å². The third-order valence-corrected chi connectivity index (χ3v) is 3.54. The smallest absolute Gasteiger partial charge is 0.287 e. The molecule has 0 aliphatic heterocycles. The van der Waals surface area contributed by atoms with Gasteiger partial charge in [-0.15, -0.1) is 0 Å². The number of ketones is 1. The quantitative estimate of drug-likeness (QED) is 0.859. The minimum Gasteiger partial charge on any atom is -0.486 e. The Labute approximate surface area is 145 Å². The van der Waals surface area contributed by atoms with Crippen LogP contribution < -0.4 is 10.1 Å². The van der Waals surface area contributed by atoms with Crippen molar-refractivity contribution in [1.29, 1.82) is 0 Å². The number of benzene rings is 1. The second-order valence-electron chi connectivity index (χ2n) is 6.37. The summed E-state index contributed by atoms with van der Waals surface area (Å²) in [6.07, 6.45) is 0. The molecule has 6 heteroatoms. The Hall–Kier alpha value is -2.27. The molecule has 128 valence electrons. The molecule has 0 bridgehead atoms. The SMILES string of the molecule is CC(C)(C)C(=O)CNC(=O)c1ccc(COc2cccc(Cl)c2)o1. The van der Waals surface area contributed by atoms with Gasteiger partial charge in [-0.1, -0.05) is 38.4 Å². The molecule has 1 amide bonds. The molecule has 2 rings (SSSR count). The number of nitrogens with one attached hydrogen (secondary N) is 1. The van der Waals surface area contributed by atoms with E-state index in [0.717, 1.165) is 0 Å². The van der Waals surface area contributed by atoms with Gasteiger partial charge in [0.15, 0.2) is 11.5 Å². The zero-order chi connectivity index (χ0) is 17.7. The Kier molecular flexibility index (Phi) is 5.67. The van der Waals surface area contributed by atoms with Crippen LogP contribution in [-0.2, 0) is 11.4 Å². The maximum Gasteiger partial charge on any atom is 0.287 e. The summed E-state index contributed by atoms with van der Waals surface area (Å²) >= 11 is 5.88. The van der Waals surface area contributed by atoms with Crippen LogP contribution in [0.2, 0.25) is 5.02 Å². The number of amides is 1. The number of Topliss-reactive ketones (excluding diaryl/α,β-unsaturated/α-hetero) is 1. The third kappa shape index (κ3) is 5.13. The lowest BCUT2D eigenvalue weighted by atomic mass is 9.91. The van der Waals surface area contributed by atoms with Gasteiger partial charge in [0.25, 0.3) is 5.91 Å². The van der Waals surface area contributed by atoms with E-state index in [1.165, 1.54) is 0 Å². The zero-order valence-electron chi connectivity index (χ0n) is 13.9. The summed E-state index contributed by atoms with van der Waals surface area (Å²) in [5.41, 5.74) is -0.494. The van der Waals surface area contributed by atoms with E-state index in [1.807, 2.05) is 0 Å². The van der Waals surface area contributed by atoms with E-state index in [2.05, 4.69) is 5.32 Å².